The number of nitrogens with zero attached hydrogens (tertiary/aromatic N) is 2. The molecular formula is C34H50N2Ni. The van der Waals surface area contributed by atoms with Crippen LogP contribution in [0.25, 0.3) is 16.9 Å². The third-order valence-electron chi connectivity index (χ3n) is 7.10. The molecule has 0 aliphatic carbocycles. The van der Waals surface area contributed by atoms with Crippen LogP contribution in [0.2, 0.25) is 11.8 Å². The second-order valence-corrected chi connectivity index (χ2v) is 11.0. The van der Waals surface area contributed by atoms with Crippen LogP contribution in [0.15, 0.2) is 59.7 Å². The van der Waals surface area contributed by atoms with Crippen molar-refractivity contribution in [3.63, 3.8) is 0 Å². The second kappa shape index (κ2) is 17.5. The Bertz CT molecular complexity index is 1010. The Morgan fingerprint density at radius 1 is 0.568 bits per heavy atom. The van der Waals surface area contributed by atoms with Crippen molar-refractivity contribution >= 4 is 11.4 Å². The number of unbranched alkanes of at least 4 members (excludes halogenated alkanes) is 5. The minimum absolute atomic E-state index is 0.996. The van der Waals surface area contributed by atoms with Crippen LogP contribution in [0.5, 0.6) is 0 Å². The van der Waals surface area contributed by atoms with Gasteiger partial charge in [-0.15, -0.1) is 0 Å². The number of benzene rings is 2. The summed E-state index contributed by atoms with van der Waals surface area (Å²) >= 11 is 1.62. The molecular weight excluding hydrogens is 495 g/mol. The molecule has 0 saturated heterocycles. The number of allylic oxidation sites excluding steroid dienone is 2. The average molecular weight is 545 g/mol. The first kappa shape index (κ1) is 31.2. The third kappa shape index (κ3) is 9.06. The van der Waals surface area contributed by atoms with Crippen LogP contribution in [0, 0.1) is 0 Å². The van der Waals surface area contributed by atoms with E-state index in [0.29, 0.717) is 0 Å². The second-order valence-electron chi connectivity index (χ2n) is 10.0. The molecule has 206 valence electrons. The van der Waals surface area contributed by atoms with E-state index in [1.165, 1.54) is 65.5 Å². The molecule has 3 rings (SSSR count). The summed E-state index contributed by atoms with van der Waals surface area (Å²) in [4.78, 5) is 0. The summed E-state index contributed by atoms with van der Waals surface area (Å²) in [5.74, 6) is 4.12. The Morgan fingerprint density at radius 2 is 1.00 bits per heavy atom. The molecule has 0 aromatic heterocycles. The van der Waals surface area contributed by atoms with Crippen LogP contribution in [0.3, 0.4) is 0 Å². The first-order valence-corrected chi connectivity index (χ1v) is 16.4. The van der Waals surface area contributed by atoms with Gasteiger partial charge in [0.2, 0.25) is 11.4 Å². The molecule has 0 saturated carbocycles. The summed E-state index contributed by atoms with van der Waals surface area (Å²) in [6.45, 7) is 8.95. The van der Waals surface area contributed by atoms with Crippen LogP contribution in [0.1, 0.15) is 114 Å². The predicted octanol–water partition coefficient (Wildman–Crippen LogP) is 11.1. The van der Waals surface area contributed by atoms with Crippen molar-refractivity contribution in [1.29, 1.82) is 0 Å². The van der Waals surface area contributed by atoms with Crippen molar-refractivity contribution in [3.05, 3.63) is 87.5 Å². The molecule has 0 unspecified atom stereocenters. The molecule has 0 amide bonds. The molecule has 2 aromatic carbocycles. The van der Waals surface area contributed by atoms with Crippen LogP contribution < -0.4 is 0 Å². The van der Waals surface area contributed by atoms with Gasteiger partial charge in [0.1, 0.15) is 0 Å². The van der Waals surface area contributed by atoms with Gasteiger partial charge in [-0.3, -0.25) is 0 Å². The Labute approximate surface area is 234 Å². The molecule has 0 atom stereocenters. The number of rotatable bonds is 14. The van der Waals surface area contributed by atoms with Gasteiger partial charge in [0.05, 0.1) is 0 Å². The molecule has 3 heteroatoms. The maximum absolute atomic E-state index is 11.7. The van der Waals surface area contributed by atoms with Gasteiger partial charge in [0.15, 0.2) is 0 Å². The van der Waals surface area contributed by atoms with E-state index in [9.17, 15) is 5.53 Å². The molecule has 0 radical (unpaired) electrons. The van der Waals surface area contributed by atoms with E-state index in [2.05, 4.69) is 88.0 Å². The summed E-state index contributed by atoms with van der Waals surface area (Å²) < 4.78 is 1.52. The van der Waals surface area contributed by atoms with Crippen LogP contribution in [-0.4, -0.2) is 4.70 Å². The molecule has 0 fully saturated rings. The standard InChI is InChI=1S/C32H44N2.2CH3.Ni/c1-5-9-12-13-16-30-29(15-11-7-3)31(28-23-19-26(20-24-28)14-10-6-2)34(33)32(30)27-21-17-25(8-4)18-22-27;;;/h17-24H,5-16H2,1-4H3;2*1H3;. The van der Waals surface area contributed by atoms with Gasteiger partial charge in [0.25, 0.3) is 0 Å². The Balaban J connectivity index is 0.00000153. The van der Waals surface area contributed by atoms with Crippen LogP contribution >= 0.6 is 0 Å². The molecule has 1 heterocycles. The zero-order valence-electron chi connectivity index (χ0n) is 24.3. The Kier molecular flexibility index (Phi) is 14.8. The molecule has 1 aliphatic heterocycles. The molecule has 0 spiro atoms. The SMILES string of the molecule is CCCCCCC1=C(c2ccc(CC)cc2)[N+](=[N-])C(c2ccc(CCCC)cc2)=C1CCCC.[CH3][Ni][CH3]. The van der Waals surface area contributed by atoms with Crippen molar-refractivity contribution in [1.82, 2.24) is 0 Å². The first-order chi connectivity index (χ1) is 18.1. The molecule has 37 heavy (non-hydrogen) atoms. The maximum atomic E-state index is 11.7. The summed E-state index contributed by atoms with van der Waals surface area (Å²) in [5.41, 5.74) is 21.3. The number of hydrogen-bond donors (Lipinski definition) is 0. The van der Waals surface area contributed by atoms with Crippen molar-refractivity contribution in [2.75, 3.05) is 0 Å². The molecule has 2 nitrogen and oxygen atoms in total. The van der Waals surface area contributed by atoms with Gasteiger partial charge in [-0.25, -0.2) is 4.70 Å². The van der Waals surface area contributed by atoms with Crippen molar-refractivity contribution < 1.29 is 19.1 Å². The number of aryl methyl sites for hydroxylation is 2. The van der Waals surface area contributed by atoms with E-state index < -0.39 is 0 Å². The quantitative estimate of drug-likeness (QED) is 0.128. The molecule has 0 N–H and O–H groups in total. The summed E-state index contributed by atoms with van der Waals surface area (Å²) in [6.07, 6.45) is 13.9. The van der Waals surface area contributed by atoms with Gasteiger partial charge in [-0.1, -0.05) is 84.1 Å². The Morgan fingerprint density at radius 3 is 1.46 bits per heavy atom. The van der Waals surface area contributed by atoms with Crippen molar-refractivity contribution in [3.8, 4) is 0 Å². The first-order valence-electron chi connectivity index (χ1n) is 14.4. The summed E-state index contributed by atoms with van der Waals surface area (Å²) in [7, 11) is 0. The zero-order valence-corrected chi connectivity index (χ0v) is 25.3. The minimum atomic E-state index is 0.996. The van der Waals surface area contributed by atoms with Gasteiger partial charge < -0.3 is 5.53 Å². The summed E-state index contributed by atoms with van der Waals surface area (Å²) in [6, 6.07) is 17.7. The van der Waals surface area contributed by atoms with E-state index in [1.54, 1.807) is 14.4 Å². The normalized spacial score (nSPS) is 13.4. The topological polar surface area (TPSA) is 25.3 Å². The average Bonchev–Trinajstić information content (AvgIpc) is 3.20. The van der Waals surface area contributed by atoms with Crippen LogP contribution in [-0.2, 0) is 27.3 Å². The van der Waals surface area contributed by atoms with Crippen LogP contribution in [0.4, 0.5) is 0 Å². The predicted molar refractivity (Wildman–Crippen MR) is 158 cm³/mol. The van der Waals surface area contributed by atoms with E-state index in [4.69, 9.17) is 0 Å². The fraction of sp³-hybridized carbons (Fsp3) is 0.529. The van der Waals surface area contributed by atoms with Gasteiger partial charge in [-0.05, 0) is 80.3 Å². The Hall–Kier alpha value is -1.99. The van der Waals surface area contributed by atoms with E-state index >= 15 is 0 Å². The van der Waals surface area contributed by atoms with Gasteiger partial charge in [0, 0.05) is 22.3 Å². The molecule has 0 bridgehead atoms. The van der Waals surface area contributed by atoms with Crippen molar-refractivity contribution in [2.45, 2.75) is 117 Å². The van der Waals surface area contributed by atoms with E-state index in [0.717, 1.165) is 61.0 Å². The fourth-order valence-corrected chi connectivity index (χ4v) is 4.98. The third-order valence-corrected chi connectivity index (χ3v) is 7.10. The van der Waals surface area contributed by atoms with E-state index in [-0.39, 0.29) is 0 Å². The number of hydrogen-bond acceptors (Lipinski definition) is 0. The summed E-state index contributed by atoms with van der Waals surface area (Å²) in [5, 5.41) is 0. The monoisotopic (exact) mass is 544 g/mol. The van der Waals surface area contributed by atoms with Gasteiger partial charge >= 0.3 is 26.2 Å². The van der Waals surface area contributed by atoms with Gasteiger partial charge in [-0.2, -0.15) is 0 Å². The molecule has 1 aliphatic rings. The fourth-order valence-electron chi connectivity index (χ4n) is 4.98. The zero-order chi connectivity index (χ0) is 27.0. The van der Waals surface area contributed by atoms with E-state index in [1.807, 2.05) is 0 Å². The van der Waals surface area contributed by atoms with Crippen molar-refractivity contribution in [2.24, 2.45) is 0 Å². The molecule has 2 aromatic rings.